The number of morpholine rings is 1. The molecule has 0 spiro atoms. The van der Waals surface area contributed by atoms with Crippen molar-refractivity contribution in [2.75, 3.05) is 41.8 Å². The Morgan fingerprint density at radius 3 is 2.74 bits per heavy atom. The van der Waals surface area contributed by atoms with E-state index in [0.29, 0.717) is 48.8 Å². The molecule has 2 N–H and O–H groups in total. The number of rotatable bonds is 6. The second-order valence-electron chi connectivity index (χ2n) is 7.80. The molecule has 0 unspecified atom stereocenters. The lowest BCUT2D eigenvalue weighted by atomic mass is 10.1. The Labute approximate surface area is 199 Å². The van der Waals surface area contributed by atoms with Gasteiger partial charge in [0.25, 0.3) is 0 Å². The highest BCUT2D eigenvalue weighted by Gasteiger charge is 2.20. The highest BCUT2D eigenvalue weighted by atomic mass is 19.2. The van der Waals surface area contributed by atoms with Gasteiger partial charge in [-0.1, -0.05) is 23.9 Å². The summed E-state index contributed by atoms with van der Waals surface area (Å²) >= 11 is 0. The maximum absolute atomic E-state index is 14.9. The fraction of sp³-hybridized carbons (Fsp3) is 0.167. The number of nitrogens with one attached hydrogen (secondary N) is 2. The van der Waals surface area contributed by atoms with E-state index >= 15 is 0 Å². The summed E-state index contributed by atoms with van der Waals surface area (Å²) in [6, 6.07) is 11.7. The molecular weight excluding hydrogens is 456 g/mol. The minimum absolute atomic E-state index is 0.0421. The molecule has 0 radical (unpaired) electrons. The first-order valence-electron chi connectivity index (χ1n) is 10.9. The minimum Gasteiger partial charge on any atom is -0.378 e. The smallest absolute Gasteiger partial charge is 0.247 e. The number of benzene rings is 2. The number of carbonyl (C=O) groups is 1. The molecule has 2 aromatic carbocycles. The number of fused-ring (bicyclic) bond motifs is 1. The summed E-state index contributed by atoms with van der Waals surface area (Å²) in [7, 11) is 0. The van der Waals surface area contributed by atoms with Crippen molar-refractivity contribution < 1.29 is 18.3 Å². The maximum Gasteiger partial charge on any atom is 0.247 e. The minimum atomic E-state index is -0.992. The van der Waals surface area contributed by atoms with E-state index in [4.69, 9.17) is 4.74 Å². The molecule has 1 aliphatic heterocycles. The molecule has 0 atom stereocenters. The molecule has 178 valence electrons. The molecule has 1 saturated heterocycles. The van der Waals surface area contributed by atoms with Gasteiger partial charge >= 0.3 is 0 Å². The molecule has 1 fully saturated rings. The Kier molecular flexibility index (Phi) is 6.06. The van der Waals surface area contributed by atoms with E-state index in [9.17, 15) is 13.6 Å². The number of ether oxygens (including phenoxy) is 1. The van der Waals surface area contributed by atoms with E-state index < -0.39 is 11.6 Å². The second-order valence-corrected chi connectivity index (χ2v) is 7.80. The van der Waals surface area contributed by atoms with Crippen LogP contribution in [0.2, 0.25) is 0 Å². The highest BCUT2D eigenvalue weighted by molar-refractivity contribution is 5.99. The first-order chi connectivity index (χ1) is 17.0. The normalized spacial score (nSPS) is 13.6. The third-order valence-corrected chi connectivity index (χ3v) is 5.58. The van der Waals surface area contributed by atoms with Gasteiger partial charge < -0.3 is 20.3 Å². The van der Waals surface area contributed by atoms with Crippen molar-refractivity contribution in [1.29, 1.82) is 0 Å². The second kappa shape index (κ2) is 9.47. The maximum atomic E-state index is 14.9. The van der Waals surface area contributed by atoms with Crippen LogP contribution in [-0.4, -0.2) is 52.0 Å². The number of halogens is 2. The van der Waals surface area contributed by atoms with Gasteiger partial charge in [0.15, 0.2) is 11.6 Å². The summed E-state index contributed by atoms with van der Waals surface area (Å²) in [4.78, 5) is 17.6. The number of aromatic nitrogens is 4. The quantitative estimate of drug-likeness (QED) is 0.408. The number of hydrogen-bond acceptors (Lipinski definition) is 7. The van der Waals surface area contributed by atoms with E-state index in [1.165, 1.54) is 23.0 Å². The van der Waals surface area contributed by atoms with Gasteiger partial charge in [-0.2, -0.15) is 0 Å². The van der Waals surface area contributed by atoms with Crippen LogP contribution in [0, 0.1) is 11.6 Å². The third kappa shape index (κ3) is 4.53. The van der Waals surface area contributed by atoms with Gasteiger partial charge in [0, 0.05) is 30.4 Å². The van der Waals surface area contributed by atoms with Crippen LogP contribution >= 0.6 is 0 Å². The first-order valence-corrected chi connectivity index (χ1v) is 10.9. The number of hydrogen-bond donors (Lipinski definition) is 2. The SMILES string of the molecule is C=CC(=O)Nc1cccc(-c2nnn3cnc(Nc4ccc(N5CCOCC5)c(F)c4F)cc23)c1. The molecule has 0 aliphatic carbocycles. The van der Waals surface area contributed by atoms with Gasteiger partial charge in [0.2, 0.25) is 5.91 Å². The Balaban J connectivity index is 1.44. The lowest BCUT2D eigenvalue weighted by molar-refractivity contribution is -0.111. The van der Waals surface area contributed by atoms with E-state index in [1.54, 1.807) is 35.2 Å². The number of anilines is 4. The van der Waals surface area contributed by atoms with Crippen molar-refractivity contribution in [1.82, 2.24) is 19.8 Å². The van der Waals surface area contributed by atoms with Gasteiger partial charge in [-0.25, -0.2) is 18.3 Å². The molecule has 11 heteroatoms. The van der Waals surface area contributed by atoms with Crippen molar-refractivity contribution in [2.24, 2.45) is 0 Å². The summed E-state index contributed by atoms with van der Waals surface area (Å²) in [5.41, 5.74) is 2.54. The highest BCUT2D eigenvalue weighted by Crippen LogP contribution is 2.30. The third-order valence-electron chi connectivity index (χ3n) is 5.58. The summed E-state index contributed by atoms with van der Waals surface area (Å²) < 4.78 is 36.4. The Morgan fingerprint density at radius 1 is 1.11 bits per heavy atom. The van der Waals surface area contributed by atoms with Gasteiger partial charge in [-0.05, 0) is 30.3 Å². The molecule has 1 amide bonds. The summed E-state index contributed by atoms with van der Waals surface area (Å²) in [6.07, 6.45) is 2.60. The van der Waals surface area contributed by atoms with Gasteiger partial charge in [-0.15, -0.1) is 5.10 Å². The topological polar surface area (TPSA) is 96.7 Å². The molecule has 2 aromatic heterocycles. The van der Waals surface area contributed by atoms with Crippen LogP contribution < -0.4 is 15.5 Å². The summed E-state index contributed by atoms with van der Waals surface area (Å²) in [5.74, 6) is -1.97. The molecule has 0 bridgehead atoms. The zero-order valence-corrected chi connectivity index (χ0v) is 18.5. The van der Waals surface area contributed by atoms with Gasteiger partial charge in [0.1, 0.15) is 17.8 Å². The standard InChI is InChI=1S/C24H21F2N7O2/c1-2-21(34)28-16-5-3-4-15(12-16)24-19-13-20(27-14-33(19)31-30-24)29-17-6-7-18(23(26)22(17)25)32-8-10-35-11-9-32/h2-7,12-14,29H,1,8-11H2,(H,28,34). The first kappa shape index (κ1) is 22.4. The van der Waals surface area contributed by atoms with Crippen LogP contribution in [0.5, 0.6) is 0 Å². The predicted molar refractivity (Wildman–Crippen MR) is 128 cm³/mol. The fourth-order valence-electron chi connectivity index (χ4n) is 3.84. The van der Waals surface area contributed by atoms with Crippen LogP contribution in [0.15, 0.2) is 61.4 Å². The van der Waals surface area contributed by atoms with Crippen molar-refractivity contribution in [3.8, 4) is 11.3 Å². The van der Waals surface area contributed by atoms with Gasteiger partial charge in [-0.3, -0.25) is 4.79 Å². The molecule has 35 heavy (non-hydrogen) atoms. The van der Waals surface area contributed by atoms with Gasteiger partial charge in [0.05, 0.1) is 30.1 Å². The number of carbonyl (C=O) groups excluding carboxylic acids is 1. The van der Waals surface area contributed by atoms with E-state index in [-0.39, 0.29) is 23.1 Å². The van der Waals surface area contributed by atoms with Crippen LogP contribution in [-0.2, 0) is 9.53 Å². The summed E-state index contributed by atoms with van der Waals surface area (Å²) in [6.45, 7) is 5.38. The number of amides is 1. The zero-order chi connectivity index (χ0) is 24.4. The van der Waals surface area contributed by atoms with E-state index in [1.807, 2.05) is 6.07 Å². The predicted octanol–water partition coefficient (Wildman–Crippen LogP) is 3.77. The van der Waals surface area contributed by atoms with E-state index in [0.717, 1.165) is 0 Å². The van der Waals surface area contributed by atoms with Crippen molar-refractivity contribution in [2.45, 2.75) is 0 Å². The zero-order valence-electron chi connectivity index (χ0n) is 18.5. The van der Waals surface area contributed by atoms with Crippen LogP contribution in [0.25, 0.3) is 16.8 Å². The monoisotopic (exact) mass is 477 g/mol. The van der Waals surface area contributed by atoms with Crippen LogP contribution in [0.1, 0.15) is 0 Å². The molecule has 4 aromatic rings. The Hall–Kier alpha value is -4.38. The fourth-order valence-corrected chi connectivity index (χ4v) is 3.84. The van der Waals surface area contributed by atoms with Crippen LogP contribution in [0.3, 0.4) is 0 Å². The lowest BCUT2D eigenvalue weighted by Crippen LogP contribution is -2.36. The molecular formula is C24H21F2N7O2. The lowest BCUT2D eigenvalue weighted by Gasteiger charge is -2.29. The Morgan fingerprint density at radius 2 is 1.94 bits per heavy atom. The molecule has 3 heterocycles. The molecule has 0 saturated carbocycles. The van der Waals surface area contributed by atoms with Crippen molar-refractivity contribution >= 4 is 34.3 Å². The van der Waals surface area contributed by atoms with E-state index in [2.05, 4.69) is 32.5 Å². The largest absolute Gasteiger partial charge is 0.378 e. The molecule has 1 aliphatic rings. The van der Waals surface area contributed by atoms with Crippen LogP contribution in [0.4, 0.5) is 31.7 Å². The molecule has 9 nitrogen and oxygen atoms in total. The number of nitrogens with zero attached hydrogens (tertiary/aromatic N) is 5. The van der Waals surface area contributed by atoms with Crippen molar-refractivity contribution in [3.05, 3.63) is 73.1 Å². The molecule has 5 rings (SSSR count). The average molecular weight is 477 g/mol. The average Bonchev–Trinajstić information content (AvgIpc) is 3.31. The Bertz CT molecular complexity index is 1420. The summed E-state index contributed by atoms with van der Waals surface area (Å²) in [5, 5.41) is 13.8. The van der Waals surface area contributed by atoms with Crippen molar-refractivity contribution in [3.63, 3.8) is 0 Å².